The summed E-state index contributed by atoms with van der Waals surface area (Å²) in [6.07, 6.45) is 5.09. The molecule has 3 unspecified atom stereocenters. The van der Waals surface area contributed by atoms with Crippen LogP contribution >= 0.6 is 0 Å². The Hall–Kier alpha value is -1.26. The third kappa shape index (κ3) is 5.02. The van der Waals surface area contributed by atoms with Crippen LogP contribution in [0.4, 0.5) is 4.79 Å². The Labute approximate surface area is 121 Å². The van der Waals surface area contributed by atoms with Gasteiger partial charge < -0.3 is 15.7 Å². The molecule has 1 rings (SSSR count). The number of nitrogens with one attached hydrogen (secondary N) is 2. The molecule has 3 N–H and O–H groups in total. The highest BCUT2D eigenvalue weighted by molar-refractivity contribution is 5.76. The summed E-state index contributed by atoms with van der Waals surface area (Å²) in [4.78, 5) is 22.8. The Bertz CT molecular complexity index is 331. The van der Waals surface area contributed by atoms with Crippen LogP contribution in [0.3, 0.4) is 0 Å². The van der Waals surface area contributed by atoms with Gasteiger partial charge in [-0.15, -0.1) is 0 Å². The summed E-state index contributed by atoms with van der Waals surface area (Å²) < 4.78 is 0. The second kappa shape index (κ2) is 8.12. The minimum absolute atomic E-state index is 0.191. The first kappa shape index (κ1) is 16.8. The predicted octanol–water partition coefficient (Wildman–Crippen LogP) is 2.61. The average Bonchev–Trinajstić information content (AvgIpc) is 2.39. The lowest BCUT2D eigenvalue weighted by Gasteiger charge is -2.34. The van der Waals surface area contributed by atoms with Crippen LogP contribution in [0.15, 0.2) is 0 Å². The third-order valence-corrected chi connectivity index (χ3v) is 4.34. The number of carboxylic acid groups (broad SMARTS) is 1. The Balaban J connectivity index is 2.42. The van der Waals surface area contributed by atoms with E-state index in [1.807, 2.05) is 6.92 Å². The van der Waals surface area contributed by atoms with Crippen molar-refractivity contribution in [3.05, 3.63) is 0 Å². The van der Waals surface area contributed by atoms with Gasteiger partial charge in [-0.25, -0.2) is 4.79 Å². The molecule has 0 aromatic heterocycles. The van der Waals surface area contributed by atoms with E-state index in [-0.39, 0.29) is 18.6 Å². The molecule has 0 aromatic carbocycles. The van der Waals surface area contributed by atoms with Crippen molar-refractivity contribution in [3.8, 4) is 0 Å². The van der Waals surface area contributed by atoms with Gasteiger partial charge in [0, 0.05) is 12.6 Å². The zero-order valence-corrected chi connectivity index (χ0v) is 12.8. The molecule has 5 heteroatoms. The van der Waals surface area contributed by atoms with Crippen molar-refractivity contribution in [2.24, 2.45) is 17.8 Å². The fourth-order valence-electron chi connectivity index (χ4n) is 2.98. The van der Waals surface area contributed by atoms with E-state index in [9.17, 15) is 9.59 Å². The minimum Gasteiger partial charge on any atom is -0.481 e. The van der Waals surface area contributed by atoms with Gasteiger partial charge in [-0.2, -0.15) is 0 Å². The van der Waals surface area contributed by atoms with Crippen LogP contribution in [-0.4, -0.2) is 29.7 Å². The molecule has 116 valence electrons. The maximum Gasteiger partial charge on any atom is 0.315 e. The number of carbonyl (C=O) groups is 2. The Morgan fingerprint density at radius 2 is 1.90 bits per heavy atom. The van der Waals surface area contributed by atoms with Crippen molar-refractivity contribution in [1.82, 2.24) is 10.6 Å². The van der Waals surface area contributed by atoms with Crippen LogP contribution in [0, 0.1) is 17.8 Å². The summed E-state index contributed by atoms with van der Waals surface area (Å²) >= 11 is 0. The van der Waals surface area contributed by atoms with Crippen LogP contribution in [0.2, 0.25) is 0 Å². The van der Waals surface area contributed by atoms with E-state index in [1.54, 1.807) is 0 Å². The first-order chi connectivity index (χ1) is 9.45. The second-order valence-electron chi connectivity index (χ2n) is 6.10. The van der Waals surface area contributed by atoms with E-state index >= 15 is 0 Å². The monoisotopic (exact) mass is 284 g/mol. The van der Waals surface area contributed by atoms with Crippen molar-refractivity contribution in [3.63, 3.8) is 0 Å². The number of carbonyl (C=O) groups excluding carboxylic acids is 1. The number of rotatable bonds is 6. The van der Waals surface area contributed by atoms with Crippen LogP contribution in [0.25, 0.3) is 0 Å². The maximum absolute atomic E-state index is 11.9. The highest BCUT2D eigenvalue weighted by Gasteiger charge is 2.28. The molecule has 0 spiro atoms. The van der Waals surface area contributed by atoms with E-state index < -0.39 is 11.9 Å². The van der Waals surface area contributed by atoms with Gasteiger partial charge in [0.05, 0.1) is 5.92 Å². The van der Waals surface area contributed by atoms with Gasteiger partial charge in [-0.3, -0.25) is 4.79 Å². The molecule has 0 aliphatic heterocycles. The van der Waals surface area contributed by atoms with Crippen LogP contribution < -0.4 is 10.6 Å². The van der Waals surface area contributed by atoms with Crippen molar-refractivity contribution < 1.29 is 14.7 Å². The highest BCUT2D eigenvalue weighted by atomic mass is 16.4. The van der Waals surface area contributed by atoms with E-state index in [4.69, 9.17) is 5.11 Å². The lowest BCUT2D eigenvalue weighted by atomic mass is 9.78. The minimum atomic E-state index is -0.856. The summed E-state index contributed by atoms with van der Waals surface area (Å²) in [6, 6.07) is -0.0177. The van der Waals surface area contributed by atoms with Crippen molar-refractivity contribution in [1.29, 1.82) is 0 Å². The highest BCUT2D eigenvalue weighted by Crippen LogP contribution is 2.30. The van der Waals surface area contributed by atoms with Crippen LogP contribution in [-0.2, 0) is 4.79 Å². The van der Waals surface area contributed by atoms with Crippen LogP contribution in [0.5, 0.6) is 0 Å². The number of aliphatic carboxylic acids is 1. The fourth-order valence-corrected chi connectivity index (χ4v) is 2.98. The quantitative estimate of drug-likeness (QED) is 0.701. The molecule has 1 aliphatic rings. The van der Waals surface area contributed by atoms with Gasteiger partial charge in [0.2, 0.25) is 0 Å². The van der Waals surface area contributed by atoms with Gasteiger partial charge in [-0.1, -0.05) is 33.6 Å². The summed E-state index contributed by atoms with van der Waals surface area (Å²) in [5.41, 5.74) is 0. The Morgan fingerprint density at radius 1 is 1.25 bits per heavy atom. The van der Waals surface area contributed by atoms with Gasteiger partial charge in [-0.05, 0) is 31.1 Å². The number of urea groups is 1. The summed E-state index contributed by atoms with van der Waals surface area (Å²) in [5, 5.41) is 14.7. The normalized spacial score (nSPS) is 24.2. The van der Waals surface area contributed by atoms with Crippen molar-refractivity contribution in [2.75, 3.05) is 6.54 Å². The molecule has 0 heterocycles. The molecule has 1 aliphatic carbocycles. The average molecular weight is 284 g/mol. The molecule has 0 aromatic rings. The van der Waals surface area contributed by atoms with Gasteiger partial charge >= 0.3 is 12.0 Å². The first-order valence-electron chi connectivity index (χ1n) is 7.72. The molecule has 5 nitrogen and oxygen atoms in total. The standard InChI is InChI=1S/C15H28N2O3/c1-4-11(14(18)19)9-16-15(20)17-13-8-6-5-7-12(13)10(2)3/h10-13H,4-9H2,1-3H3,(H,18,19)(H2,16,17,20). The van der Waals surface area contributed by atoms with Gasteiger partial charge in [0.25, 0.3) is 0 Å². The Kier molecular flexibility index (Phi) is 6.82. The Morgan fingerprint density at radius 3 is 2.45 bits per heavy atom. The summed E-state index contributed by atoms with van der Waals surface area (Å²) in [5.74, 6) is -0.280. The lowest BCUT2D eigenvalue weighted by Crippen LogP contribution is -2.49. The molecular weight excluding hydrogens is 256 g/mol. The van der Waals surface area contributed by atoms with Gasteiger partial charge in [0.1, 0.15) is 0 Å². The number of hydrogen-bond acceptors (Lipinski definition) is 2. The second-order valence-corrected chi connectivity index (χ2v) is 6.10. The van der Waals surface area contributed by atoms with Gasteiger partial charge in [0.15, 0.2) is 0 Å². The first-order valence-corrected chi connectivity index (χ1v) is 7.72. The number of hydrogen-bond donors (Lipinski definition) is 3. The van der Waals surface area contributed by atoms with E-state index in [2.05, 4.69) is 24.5 Å². The SMILES string of the molecule is CCC(CNC(=O)NC1CCCCC1C(C)C)C(=O)O. The lowest BCUT2D eigenvalue weighted by molar-refractivity contribution is -0.141. The van der Waals surface area contributed by atoms with Crippen LogP contribution in [0.1, 0.15) is 52.9 Å². The largest absolute Gasteiger partial charge is 0.481 e. The fraction of sp³-hybridized carbons (Fsp3) is 0.867. The molecule has 0 bridgehead atoms. The molecule has 2 amide bonds. The summed E-state index contributed by atoms with van der Waals surface area (Å²) in [6.45, 7) is 6.39. The molecule has 0 radical (unpaired) electrons. The molecule has 20 heavy (non-hydrogen) atoms. The molecule has 1 saturated carbocycles. The molecule has 3 atom stereocenters. The van der Waals surface area contributed by atoms with E-state index in [1.165, 1.54) is 6.42 Å². The van der Waals surface area contributed by atoms with Crippen molar-refractivity contribution in [2.45, 2.75) is 58.9 Å². The molecular formula is C15H28N2O3. The van der Waals surface area contributed by atoms with E-state index in [0.717, 1.165) is 19.3 Å². The number of carboxylic acids is 1. The molecule has 1 fully saturated rings. The summed E-state index contributed by atoms with van der Waals surface area (Å²) in [7, 11) is 0. The topological polar surface area (TPSA) is 78.4 Å². The van der Waals surface area contributed by atoms with E-state index in [0.29, 0.717) is 18.3 Å². The smallest absolute Gasteiger partial charge is 0.315 e. The maximum atomic E-state index is 11.9. The molecule has 0 saturated heterocycles. The number of amides is 2. The zero-order chi connectivity index (χ0) is 15.1. The zero-order valence-electron chi connectivity index (χ0n) is 12.8. The predicted molar refractivity (Wildman–Crippen MR) is 78.5 cm³/mol. The van der Waals surface area contributed by atoms with Crippen molar-refractivity contribution >= 4 is 12.0 Å². The third-order valence-electron chi connectivity index (χ3n) is 4.34.